The van der Waals surface area contributed by atoms with Gasteiger partial charge in [0.25, 0.3) is 0 Å². The van der Waals surface area contributed by atoms with Gasteiger partial charge in [-0.15, -0.1) is 0 Å². The molecule has 0 saturated carbocycles. The molecule has 0 radical (unpaired) electrons. The molecule has 0 aliphatic rings. The molecule has 0 bridgehead atoms. The predicted molar refractivity (Wildman–Crippen MR) is 65.1 cm³/mol. The molecule has 1 N–H and O–H groups in total. The van der Waals surface area contributed by atoms with Crippen molar-refractivity contribution in [3.63, 3.8) is 0 Å². The summed E-state index contributed by atoms with van der Waals surface area (Å²) in [5.41, 5.74) is 0.657. The van der Waals surface area contributed by atoms with Gasteiger partial charge in [-0.25, -0.2) is 13.8 Å². The minimum atomic E-state index is -0.843. The van der Waals surface area contributed by atoms with E-state index in [1.165, 1.54) is 6.07 Å². The van der Waals surface area contributed by atoms with Crippen molar-refractivity contribution in [2.75, 3.05) is 6.54 Å². The quantitative estimate of drug-likeness (QED) is 0.904. The van der Waals surface area contributed by atoms with Crippen LogP contribution in [0.4, 0.5) is 8.78 Å². The van der Waals surface area contributed by atoms with Crippen LogP contribution in [-0.4, -0.2) is 16.1 Å². The van der Waals surface area contributed by atoms with Crippen LogP contribution >= 0.6 is 0 Å². The second kappa shape index (κ2) is 5.27. The van der Waals surface area contributed by atoms with E-state index in [-0.39, 0.29) is 6.04 Å². The highest BCUT2D eigenvalue weighted by Crippen LogP contribution is 2.22. The number of rotatable bonds is 4. The van der Waals surface area contributed by atoms with Gasteiger partial charge in [0.05, 0.1) is 6.04 Å². The fourth-order valence-electron chi connectivity index (χ4n) is 1.91. The molecule has 3 nitrogen and oxygen atoms in total. The zero-order valence-electron chi connectivity index (χ0n) is 10.3. The second-order valence-electron chi connectivity index (χ2n) is 4.06. The molecule has 1 aromatic heterocycles. The molecule has 0 aliphatic carbocycles. The second-order valence-corrected chi connectivity index (χ2v) is 4.06. The van der Waals surface area contributed by atoms with E-state index in [2.05, 4.69) is 10.3 Å². The summed E-state index contributed by atoms with van der Waals surface area (Å²) in [6.45, 7) is 2.66. The molecular weight excluding hydrogens is 236 g/mol. The molecule has 0 spiro atoms. The summed E-state index contributed by atoms with van der Waals surface area (Å²) >= 11 is 0. The number of hydrogen-bond acceptors (Lipinski definition) is 2. The van der Waals surface area contributed by atoms with Gasteiger partial charge >= 0.3 is 0 Å². The lowest BCUT2D eigenvalue weighted by molar-refractivity contribution is 0.501. The van der Waals surface area contributed by atoms with Crippen molar-refractivity contribution in [2.45, 2.75) is 13.0 Å². The lowest BCUT2D eigenvalue weighted by Gasteiger charge is -2.18. The predicted octanol–water partition coefficient (Wildman–Crippen LogP) is 2.40. The molecular formula is C13H15F2N3. The van der Waals surface area contributed by atoms with Crippen LogP contribution in [-0.2, 0) is 7.05 Å². The van der Waals surface area contributed by atoms with Crippen molar-refractivity contribution >= 4 is 0 Å². The van der Waals surface area contributed by atoms with Gasteiger partial charge < -0.3 is 9.88 Å². The smallest absolute Gasteiger partial charge is 0.159 e. The van der Waals surface area contributed by atoms with Gasteiger partial charge in [-0.2, -0.15) is 0 Å². The lowest BCUT2D eigenvalue weighted by atomic mass is 10.1. The van der Waals surface area contributed by atoms with Crippen LogP contribution in [0, 0.1) is 11.6 Å². The first-order valence-electron chi connectivity index (χ1n) is 5.79. The van der Waals surface area contributed by atoms with E-state index in [1.54, 1.807) is 12.3 Å². The van der Waals surface area contributed by atoms with Gasteiger partial charge in [-0.05, 0) is 24.2 Å². The maximum absolute atomic E-state index is 13.3. The van der Waals surface area contributed by atoms with Crippen LogP contribution in [0.2, 0.25) is 0 Å². The molecule has 18 heavy (non-hydrogen) atoms. The summed E-state index contributed by atoms with van der Waals surface area (Å²) in [4.78, 5) is 4.25. The molecule has 0 amide bonds. The summed E-state index contributed by atoms with van der Waals surface area (Å²) in [6.07, 6.45) is 3.50. The number of halogens is 2. The Kier molecular flexibility index (Phi) is 3.72. The fourth-order valence-corrected chi connectivity index (χ4v) is 1.91. The van der Waals surface area contributed by atoms with Crippen LogP contribution in [0.1, 0.15) is 24.4 Å². The fraction of sp³-hybridized carbons (Fsp3) is 0.308. The Bertz CT molecular complexity index is 537. The number of nitrogens with one attached hydrogen (secondary N) is 1. The highest BCUT2D eigenvalue weighted by atomic mass is 19.2. The van der Waals surface area contributed by atoms with Gasteiger partial charge in [0.1, 0.15) is 5.82 Å². The molecule has 5 heteroatoms. The van der Waals surface area contributed by atoms with Crippen molar-refractivity contribution in [1.29, 1.82) is 0 Å². The molecule has 1 atom stereocenters. The SMILES string of the molecule is CCNC(c1ccc(F)c(F)c1)c1nccn1C. The van der Waals surface area contributed by atoms with E-state index in [4.69, 9.17) is 0 Å². The Balaban J connectivity index is 2.41. The third kappa shape index (κ3) is 2.41. The van der Waals surface area contributed by atoms with Gasteiger partial charge in [-0.1, -0.05) is 13.0 Å². The number of aryl methyl sites for hydroxylation is 1. The summed E-state index contributed by atoms with van der Waals surface area (Å²) in [5, 5.41) is 3.22. The van der Waals surface area contributed by atoms with Crippen LogP contribution in [0.3, 0.4) is 0 Å². The summed E-state index contributed by atoms with van der Waals surface area (Å²) in [6, 6.07) is 3.67. The highest BCUT2D eigenvalue weighted by Gasteiger charge is 2.18. The molecule has 0 fully saturated rings. The van der Waals surface area contributed by atoms with Crippen LogP contribution < -0.4 is 5.32 Å². The zero-order chi connectivity index (χ0) is 13.1. The number of aromatic nitrogens is 2. The van der Waals surface area contributed by atoms with Gasteiger partial charge in [0.15, 0.2) is 11.6 Å². The average molecular weight is 251 g/mol. The van der Waals surface area contributed by atoms with Gasteiger partial charge in [-0.3, -0.25) is 0 Å². The number of benzene rings is 1. The molecule has 2 aromatic rings. The molecule has 1 unspecified atom stereocenters. The van der Waals surface area contributed by atoms with Crippen LogP contribution in [0.5, 0.6) is 0 Å². The Morgan fingerprint density at radius 1 is 1.33 bits per heavy atom. The van der Waals surface area contributed by atoms with Crippen LogP contribution in [0.25, 0.3) is 0 Å². The maximum Gasteiger partial charge on any atom is 0.159 e. The first-order valence-corrected chi connectivity index (χ1v) is 5.79. The third-order valence-corrected chi connectivity index (χ3v) is 2.80. The number of imidazole rings is 1. The maximum atomic E-state index is 13.3. The summed E-state index contributed by atoms with van der Waals surface area (Å²) in [7, 11) is 1.87. The standard InChI is InChI=1S/C13H15F2N3/c1-3-16-12(13-17-6-7-18(13)2)9-4-5-10(14)11(15)8-9/h4-8,12,16H,3H2,1-2H3. The number of hydrogen-bond donors (Lipinski definition) is 1. The molecule has 0 aliphatic heterocycles. The average Bonchev–Trinajstić information content (AvgIpc) is 2.76. The molecule has 96 valence electrons. The first-order chi connectivity index (χ1) is 8.63. The minimum absolute atomic E-state index is 0.245. The molecule has 2 rings (SSSR count). The van der Waals surface area contributed by atoms with E-state index in [9.17, 15) is 8.78 Å². The lowest BCUT2D eigenvalue weighted by Crippen LogP contribution is -2.25. The normalized spacial score (nSPS) is 12.7. The zero-order valence-corrected chi connectivity index (χ0v) is 10.3. The van der Waals surface area contributed by atoms with Crippen molar-refractivity contribution in [3.05, 3.63) is 53.6 Å². The Labute approximate surface area is 104 Å². The molecule has 0 saturated heterocycles. The van der Waals surface area contributed by atoms with Crippen molar-refractivity contribution in [2.24, 2.45) is 7.05 Å². The van der Waals surface area contributed by atoms with E-state index < -0.39 is 11.6 Å². The van der Waals surface area contributed by atoms with Crippen LogP contribution in [0.15, 0.2) is 30.6 Å². The van der Waals surface area contributed by atoms with E-state index >= 15 is 0 Å². The van der Waals surface area contributed by atoms with Gasteiger partial charge in [0, 0.05) is 19.4 Å². The van der Waals surface area contributed by atoms with E-state index in [0.29, 0.717) is 12.1 Å². The van der Waals surface area contributed by atoms with Crippen molar-refractivity contribution < 1.29 is 8.78 Å². The summed E-state index contributed by atoms with van der Waals surface area (Å²) in [5.74, 6) is -0.915. The Morgan fingerprint density at radius 2 is 2.11 bits per heavy atom. The third-order valence-electron chi connectivity index (χ3n) is 2.80. The highest BCUT2D eigenvalue weighted by molar-refractivity contribution is 5.26. The van der Waals surface area contributed by atoms with E-state index in [1.807, 2.05) is 24.7 Å². The topological polar surface area (TPSA) is 29.9 Å². The largest absolute Gasteiger partial charge is 0.336 e. The number of nitrogens with zero attached hydrogens (tertiary/aromatic N) is 2. The van der Waals surface area contributed by atoms with Crippen molar-refractivity contribution in [1.82, 2.24) is 14.9 Å². The van der Waals surface area contributed by atoms with E-state index in [0.717, 1.165) is 11.9 Å². The van der Waals surface area contributed by atoms with Crippen molar-refractivity contribution in [3.8, 4) is 0 Å². The monoisotopic (exact) mass is 251 g/mol. The minimum Gasteiger partial charge on any atom is -0.336 e. The summed E-state index contributed by atoms with van der Waals surface area (Å²) < 4.78 is 28.1. The molecule has 1 aromatic carbocycles. The van der Waals surface area contributed by atoms with Gasteiger partial charge in [0.2, 0.25) is 0 Å². The Hall–Kier alpha value is -1.75. The molecule has 1 heterocycles. The first kappa shape index (κ1) is 12.7. The Morgan fingerprint density at radius 3 is 2.67 bits per heavy atom.